The second-order valence-corrected chi connectivity index (χ2v) is 7.97. The molecule has 0 aliphatic carbocycles. The van der Waals surface area contributed by atoms with Gasteiger partial charge in [-0.05, 0) is 40.6 Å². The van der Waals surface area contributed by atoms with Crippen molar-refractivity contribution in [3.8, 4) is 33.8 Å². The molecule has 0 spiro atoms. The molecule has 0 saturated heterocycles. The van der Waals surface area contributed by atoms with Gasteiger partial charge in [0.25, 0.3) is 0 Å². The van der Waals surface area contributed by atoms with Crippen molar-refractivity contribution in [2.24, 2.45) is 0 Å². The lowest BCUT2D eigenvalue weighted by molar-refractivity contribution is 0.334. The molecule has 0 aromatic heterocycles. The Kier molecular flexibility index (Phi) is 5.74. The van der Waals surface area contributed by atoms with E-state index >= 15 is 17.6 Å². The topological polar surface area (TPSA) is 18.5 Å². The largest absolute Gasteiger partial charge is 0.497 e. The van der Waals surface area contributed by atoms with Crippen LogP contribution in [0.2, 0.25) is 0 Å². The maximum atomic E-state index is 15.4. The van der Waals surface area contributed by atoms with Crippen LogP contribution in [0.25, 0.3) is 43.8 Å². The summed E-state index contributed by atoms with van der Waals surface area (Å²) in [6, 6.07) is 14.2. The molecule has 0 radical (unpaired) electrons. The van der Waals surface area contributed by atoms with Crippen LogP contribution in [-0.2, 0) is 0 Å². The average molecular weight is 498 g/mol. The van der Waals surface area contributed by atoms with Gasteiger partial charge in [-0.1, -0.05) is 36.4 Å². The van der Waals surface area contributed by atoms with E-state index in [1.165, 1.54) is 19.2 Å². The molecule has 182 valence electrons. The molecule has 0 fully saturated rings. The van der Waals surface area contributed by atoms with E-state index in [0.29, 0.717) is 11.3 Å². The quantitative estimate of drug-likeness (QED) is 0.141. The van der Waals surface area contributed by atoms with Crippen molar-refractivity contribution in [2.75, 3.05) is 14.2 Å². The second kappa shape index (κ2) is 8.78. The van der Waals surface area contributed by atoms with Gasteiger partial charge in [0.15, 0.2) is 17.4 Å². The molecule has 5 rings (SSSR count). The number of hydrogen-bond donors (Lipinski definition) is 0. The predicted octanol–water partition coefficient (Wildman–Crippen LogP) is 8.18. The Balaban J connectivity index is 2.05. The maximum Gasteiger partial charge on any atom is 0.204 e. The predicted molar refractivity (Wildman–Crippen MR) is 125 cm³/mol. The summed E-state index contributed by atoms with van der Waals surface area (Å²) >= 11 is 0. The van der Waals surface area contributed by atoms with E-state index in [0.717, 1.165) is 19.2 Å². The fourth-order valence-electron chi connectivity index (χ4n) is 4.56. The van der Waals surface area contributed by atoms with E-state index in [-0.39, 0.29) is 21.7 Å². The molecule has 0 N–H and O–H groups in total. The number of ether oxygens (including phenoxy) is 2. The molecule has 36 heavy (non-hydrogen) atoms. The first-order chi connectivity index (χ1) is 17.3. The highest BCUT2D eigenvalue weighted by atomic mass is 19.2. The molecular weight excluding hydrogens is 482 g/mol. The van der Waals surface area contributed by atoms with Crippen molar-refractivity contribution in [3.05, 3.63) is 95.6 Å². The van der Waals surface area contributed by atoms with E-state index in [4.69, 9.17) is 4.74 Å². The molecule has 0 unspecified atom stereocenters. The first-order valence-corrected chi connectivity index (χ1v) is 10.7. The lowest BCUT2D eigenvalue weighted by Crippen LogP contribution is -2.05. The highest BCUT2D eigenvalue weighted by molar-refractivity contribution is 6.21. The molecule has 0 bridgehead atoms. The normalized spacial score (nSPS) is 11.3. The van der Waals surface area contributed by atoms with Gasteiger partial charge in [0.1, 0.15) is 17.4 Å². The maximum absolute atomic E-state index is 15.4. The molecule has 0 aliphatic heterocycles. The van der Waals surface area contributed by atoms with Gasteiger partial charge >= 0.3 is 0 Å². The number of hydrogen-bond acceptors (Lipinski definition) is 2. The van der Waals surface area contributed by atoms with Gasteiger partial charge in [0.2, 0.25) is 11.6 Å². The summed E-state index contributed by atoms with van der Waals surface area (Å²) in [6.07, 6.45) is 0. The Morgan fingerprint density at radius 1 is 0.500 bits per heavy atom. The summed E-state index contributed by atoms with van der Waals surface area (Å²) in [5.74, 6) is -9.83. The zero-order valence-corrected chi connectivity index (χ0v) is 18.9. The zero-order chi connectivity index (χ0) is 25.7. The van der Waals surface area contributed by atoms with Crippen LogP contribution in [0.4, 0.5) is 26.3 Å². The molecule has 2 nitrogen and oxygen atoms in total. The fourth-order valence-corrected chi connectivity index (χ4v) is 4.56. The number of fused-ring (bicyclic) bond motifs is 2. The van der Waals surface area contributed by atoms with Crippen molar-refractivity contribution in [3.63, 3.8) is 0 Å². The monoisotopic (exact) mass is 498 g/mol. The second-order valence-electron chi connectivity index (χ2n) is 7.97. The summed E-state index contributed by atoms with van der Waals surface area (Å²) in [6.45, 7) is 0. The molecule has 0 saturated carbocycles. The van der Waals surface area contributed by atoms with Gasteiger partial charge in [0, 0.05) is 21.9 Å². The van der Waals surface area contributed by atoms with E-state index in [9.17, 15) is 8.78 Å². The van der Waals surface area contributed by atoms with E-state index in [1.54, 1.807) is 36.4 Å². The van der Waals surface area contributed by atoms with Crippen molar-refractivity contribution >= 4 is 21.5 Å². The Labute approximate surface area is 201 Å². The average Bonchev–Trinajstić information content (AvgIpc) is 2.90. The summed E-state index contributed by atoms with van der Waals surface area (Å²) < 4.78 is 100. The van der Waals surface area contributed by atoms with E-state index in [2.05, 4.69) is 4.74 Å². The van der Waals surface area contributed by atoms with Crippen LogP contribution in [0.5, 0.6) is 11.5 Å². The SMILES string of the molecule is COc1ccc(-c2c3ccccc3c(-c3c(F)c(F)c(OC)c(F)c3F)c3c(F)ccc(F)c23)cc1. The third-order valence-electron chi connectivity index (χ3n) is 6.13. The summed E-state index contributed by atoms with van der Waals surface area (Å²) in [4.78, 5) is 0. The van der Waals surface area contributed by atoms with Crippen LogP contribution in [0.1, 0.15) is 0 Å². The van der Waals surface area contributed by atoms with Crippen LogP contribution >= 0.6 is 0 Å². The Hall–Kier alpha value is -4.20. The minimum absolute atomic E-state index is 0.0575. The van der Waals surface area contributed by atoms with E-state index in [1.807, 2.05) is 0 Å². The summed E-state index contributed by atoms with van der Waals surface area (Å²) in [5.41, 5.74) is -0.997. The lowest BCUT2D eigenvalue weighted by Gasteiger charge is -2.20. The molecule has 0 atom stereocenters. The van der Waals surface area contributed by atoms with Gasteiger partial charge in [-0.2, -0.15) is 8.78 Å². The Morgan fingerprint density at radius 2 is 1.00 bits per heavy atom. The van der Waals surface area contributed by atoms with Gasteiger partial charge in [-0.3, -0.25) is 0 Å². The number of rotatable bonds is 4. The third kappa shape index (κ3) is 3.36. The first kappa shape index (κ1) is 23.5. The molecule has 0 heterocycles. The third-order valence-corrected chi connectivity index (χ3v) is 6.13. The van der Waals surface area contributed by atoms with Crippen molar-refractivity contribution in [2.45, 2.75) is 0 Å². The van der Waals surface area contributed by atoms with Crippen LogP contribution < -0.4 is 9.47 Å². The van der Waals surface area contributed by atoms with Gasteiger partial charge in [0.05, 0.1) is 19.8 Å². The smallest absolute Gasteiger partial charge is 0.204 e. The van der Waals surface area contributed by atoms with Crippen LogP contribution in [0.15, 0.2) is 60.7 Å². The minimum atomic E-state index is -1.79. The first-order valence-electron chi connectivity index (χ1n) is 10.7. The highest BCUT2D eigenvalue weighted by Gasteiger charge is 2.31. The standard InChI is InChI=1S/C28H16F6O2/c1-35-14-9-7-13(8-10-14)19-15-5-3-4-6-16(15)20(22-18(30)12-11-17(29)21(19)22)23-24(31)26(33)28(36-2)27(34)25(23)32/h3-12H,1-2H3. The minimum Gasteiger partial charge on any atom is -0.497 e. The van der Waals surface area contributed by atoms with Gasteiger partial charge in [-0.25, -0.2) is 17.6 Å². The molecule has 0 amide bonds. The van der Waals surface area contributed by atoms with Crippen LogP contribution in [-0.4, -0.2) is 14.2 Å². The summed E-state index contributed by atoms with van der Waals surface area (Å²) in [5, 5.41) is -0.488. The van der Waals surface area contributed by atoms with E-state index < -0.39 is 57.2 Å². The molecule has 0 aliphatic rings. The number of benzene rings is 5. The molecule has 5 aromatic carbocycles. The molecule has 8 heteroatoms. The Bertz CT molecular complexity index is 1630. The lowest BCUT2D eigenvalue weighted by atomic mass is 9.85. The van der Waals surface area contributed by atoms with Gasteiger partial charge in [-0.15, -0.1) is 0 Å². The zero-order valence-electron chi connectivity index (χ0n) is 18.9. The van der Waals surface area contributed by atoms with Crippen molar-refractivity contribution in [1.82, 2.24) is 0 Å². The molecule has 5 aromatic rings. The summed E-state index contributed by atoms with van der Waals surface area (Å²) in [7, 11) is 2.32. The van der Waals surface area contributed by atoms with Crippen LogP contribution in [0.3, 0.4) is 0 Å². The van der Waals surface area contributed by atoms with Crippen molar-refractivity contribution < 1.29 is 35.8 Å². The number of methoxy groups -OCH3 is 2. The highest BCUT2D eigenvalue weighted by Crippen LogP contribution is 2.48. The van der Waals surface area contributed by atoms with Crippen LogP contribution in [0, 0.1) is 34.9 Å². The number of halogens is 6. The Morgan fingerprint density at radius 3 is 1.50 bits per heavy atom. The fraction of sp³-hybridized carbons (Fsp3) is 0.0714. The van der Waals surface area contributed by atoms with Gasteiger partial charge < -0.3 is 9.47 Å². The molecular formula is C28H16F6O2. The van der Waals surface area contributed by atoms with Crippen molar-refractivity contribution in [1.29, 1.82) is 0 Å².